The highest BCUT2D eigenvalue weighted by Gasteiger charge is 2.35. The molecule has 3 atom stereocenters. The Hall–Kier alpha value is -3.96. The van der Waals surface area contributed by atoms with E-state index in [0.717, 1.165) is 12.1 Å². The second-order valence-electron chi connectivity index (χ2n) is 10.4. The van der Waals surface area contributed by atoms with Gasteiger partial charge in [-0.25, -0.2) is 0 Å². The number of ether oxygens (including phenoxy) is 1. The summed E-state index contributed by atoms with van der Waals surface area (Å²) in [7, 11) is 1.84. The Morgan fingerprint density at radius 1 is 1.17 bits per heavy atom. The number of hydrogen-bond donors (Lipinski definition) is 2. The van der Waals surface area contributed by atoms with E-state index < -0.39 is 29.8 Å². The first-order valence-electron chi connectivity index (χ1n) is 13.3. The minimum atomic E-state index is -4.40. The van der Waals surface area contributed by atoms with Crippen molar-refractivity contribution in [1.82, 2.24) is 14.8 Å². The highest BCUT2D eigenvalue weighted by Crippen LogP contribution is 2.35. The van der Waals surface area contributed by atoms with Crippen LogP contribution in [0.15, 0.2) is 67.0 Å². The molecule has 0 saturated carbocycles. The molecule has 0 spiro atoms. The van der Waals surface area contributed by atoms with E-state index in [1.54, 1.807) is 42.2 Å². The number of fused-ring (bicyclic) bond motifs is 1. The van der Waals surface area contributed by atoms with Crippen molar-refractivity contribution in [3.05, 3.63) is 89.2 Å². The van der Waals surface area contributed by atoms with Gasteiger partial charge in [0.05, 0.1) is 29.5 Å². The van der Waals surface area contributed by atoms with E-state index in [4.69, 9.17) is 4.74 Å². The number of amides is 2. The van der Waals surface area contributed by atoms with E-state index in [9.17, 15) is 27.9 Å². The molecule has 0 unspecified atom stereocenters. The average Bonchev–Trinajstić information content (AvgIpc) is 2.95. The summed E-state index contributed by atoms with van der Waals surface area (Å²) in [5, 5.41) is 12.7. The van der Waals surface area contributed by atoms with Gasteiger partial charge in [-0.15, -0.1) is 0 Å². The lowest BCUT2D eigenvalue weighted by Crippen LogP contribution is -2.49. The molecule has 1 aromatic heterocycles. The maximum atomic E-state index is 13.6. The quantitative estimate of drug-likeness (QED) is 0.408. The Morgan fingerprint density at radius 3 is 2.49 bits per heavy atom. The molecule has 11 heteroatoms. The highest BCUT2D eigenvalue weighted by atomic mass is 19.4. The minimum Gasteiger partial charge on any atom is -0.486 e. The molecule has 1 aliphatic heterocycles. The number of carbonyl (C=O) groups excluding carboxylic acids is 2. The van der Waals surface area contributed by atoms with Gasteiger partial charge in [0.1, 0.15) is 6.10 Å². The van der Waals surface area contributed by atoms with E-state index in [1.807, 2.05) is 18.9 Å². The fraction of sp³-hybridized carbons (Fsp3) is 0.367. The summed E-state index contributed by atoms with van der Waals surface area (Å²) in [6.45, 7) is 4.52. The zero-order valence-corrected chi connectivity index (χ0v) is 23.1. The first kappa shape index (κ1) is 30.0. The van der Waals surface area contributed by atoms with Gasteiger partial charge in [-0.1, -0.05) is 25.1 Å². The van der Waals surface area contributed by atoms with Gasteiger partial charge in [0.2, 0.25) is 0 Å². The summed E-state index contributed by atoms with van der Waals surface area (Å²) in [5.41, 5.74) is 0.947. The summed E-state index contributed by atoms with van der Waals surface area (Å²) >= 11 is 0. The molecule has 0 aliphatic carbocycles. The molecule has 0 bridgehead atoms. The monoisotopic (exact) mass is 570 g/mol. The van der Waals surface area contributed by atoms with Crippen molar-refractivity contribution in [3.8, 4) is 5.75 Å². The standard InChI is InChI=1S/C30H33F3N4O4/c1-19-15-37(20(2)18-38)29(40)24-5-4-6-25(35-28(39)22-11-13-34-14-12-22)27(24)41-26(19)17-36(3)16-21-7-9-23(10-8-21)30(31,32)33/h4-14,19-20,26,38H,15-18H2,1-3H3,(H,35,39)/t19-,20-,26-/m1/s1. The van der Waals surface area contributed by atoms with Gasteiger partial charge in [-0.2, -0.15) is 13.2 Å². The molecule has 41 heavy (non-hydrogen) atoms. The largest absolute Gasteiger partial charge is 0.486 e. The van der Waals surface area contributed by atoms with Gasteiger partial charge in [-0.3, -0.25) is 19.5 Å². The van der Waals surface area contributed by atoms with Crippen LogP contribution in [0.25, 0.3) is 0 Å². The van der Waals surface area contributed by atoms with Crippen LogP contribution in [-0.2, 0) is 12.7 Å². The average molecular weight is 571 g/mol. The number of halogens is 3. The van der Waals surface area contributed by atoms with Crippen LogP contribution in [0, 0.1) is 5.92 Å². The molecule has 1 aliphatic rings. The number of alkyl halides is 3. The molecule has 2 amide bonds. The number of hydrogen-bond acceptors (Lipinski definition) is 6. The maximum absolute atomic E-state index is 13.6. The van der Waals surface area contributed by atoms with Gasteiger partial charge >= 0.3 is 6.18 Å². The third kappa shape index (κ3) is 7.22. The molecule has 8 nitrogen and oxygen atoms in total. The van der Waals surface area contributed by atoms with Crippen molar-refractivity contribution in [2.75, 3.05) is 32.1 Å². The smallest absolute Gasteiger partial charge is 0.416 e. The van der Waals surface area contributed by atoms with E-state index in [-0.39, 0.29) is 29.7 Å². The maximum Gasteiger partial charge on any atom is 0.416 e. The van der Waals surface area contributed by atoms with Crippen LogP contribution in [0.4, 0.5) is 18.9 Å². The zero-order chi connectivity index (χ0) is 29.7. The summed E-state index contributed by atoms with van der Waals surface area (Å²) in [4.78, 5) is 34.1. The number of aliphatic hydroxyl groups is 1. The van der Waals surface area contributed by atoms with Crippen LogP contribution in [0.1, 0.15) is 45.7 Å². The number of aromatic nitrogens is 1. The summed E-state index contributed by atoms with van der Waals surface area (Å²) < 4.78 is 45.4. The number of para-hydroxylation sites is 1. The third-order valence-electron chi connectivity index (χ3n) is 7.11. The molecule has 2 aromatic carbocycles. The van der Waals surface area contributed by atoms with Crippen LogP contribution in [0.3, 0.4) is 0 Å². The first-order chi connectivity index (χ1) is 19.5. The lowest BCUT2D eigenvalue weighted by Gasteiger charge is -2.38. The van der Waals surface area contributed by atoms with Crippen LogP contribution in [0.5, 0.6) is 5.75 Å². The topological polar surface area (TPSA) is 95.0 Å². The Labute approximate surface area is 236 Å². The molecule has 2 heterocycles. The van der Waals surface area contributed by atoms with Crippen LogP contribution in [0.2, 0.25) is 0 Å². The van der Waals surface area contributed by atoms with Crippen LogP contribution in [-0.4, -0.2) is 70.6 Å². The summed E-state index contributed by atoms with van der Waals surface area (Å²) in [6, 6.07) is 12.6. The normalized spacial score (nSPS) is 18.2. The molecule has 3 aromatic rings. The van der Waals surface area contributed by atoms with E-state index in [0.29, 0.717) is 36.4 Å². The molecule has 0 fully saturated rings. The van der Waals surface area contributed by atoms with Gasteiger partial charge in [0.25, 0.3) is 11.8 Å². The minimum absolute atomic E-state index is 0.194. The lowest BCUT2D eigenvalue weighted by atomic mass is 9.98. The fourth-order valence-corrected chi connectivity index (χ4v) is 4.74. The van der Waals surface area contributed by atoms with Gasteiger partial charge < -0.3 is 20.1 Å². The highest BCUT2D eigenvalue weighted by molar-refractivity contribution is 6.07. The van der Waals surface area contributed by atoms with Crippen molar-refractivity contribution in [1.29, 1.82) is 0 Å². The molecular weight excluding hydrogens is 537 g/mol. The van der Waals surface area contributed by atoms with Gasteiger partial charge in [0.15, 0.2) is 5.75 Å². The summed E-state index contributed by atoms with van der Waals surface area (Å²) in [6.07, 6.45) is -1.86. The molecule has 4 rings (SSSR count). The number of pyridine rings is 1. The molecular formula is C30H33F3N4O4. The Bertz CT molecular complexity index is 1350. The Morgan fingerprint density at radius 2 is 1.85 bits per heavy atom. The fourth-order valence-electron chi connectivity index (χ4n) is 4.74. The van der Waals surface area contributed by atoms with E-state index in [2.05, 4.69) is 10.3 Å². The number of nitrogens with zero attached hydrogens (tertiary/aromatic N) is 3. The Kier molecular flexibility index (Phi) is 9.29. The first-order valence-corrected chi connectivity index (χ1v) is 13.3. The van der Waals surface area contributed by atoms with Crippen LogP contribution >= 0.6 is 0 Å². The number of likely N-dealkylation sites (N-methyl/N-ethyl adjacent to an activating group) is 1. The SMILES string of the molecule is C[C@@H]1CN([C@H](C)CO)C(=O)c2cccc(NC(=O)c3ccncc3)c2O[C@@H]1CN(C)Cc1ccc(C(F)(F)F)cc1. The number of nitrogens with one attached hydrogen (secondary N) is 1. The van der Waals surface area contributed by atoms with Crippen LogP contribution < -0.4 is 10.1 Å². The molecule has 0 saturated heterocycles. The molecule has 218 valence electrons. The van der Waals surface area contributed by atoms with E-state index in [1.165, 1.54) is 24.5 Å². The zero-order valence-electron chi connectivity index (χ0n) is 23.1. The lowest BCUT2D eigenvalue weighted by molar-refractivity contribution is -0.137. The second kappa shape index (κ2) is 12.7. The van der Waals surface area contributed by atoms with Gasteiger partial charge in [0, 0.05) is 43.5 Å². The number of aliphatic hydroxyl groups excluding tert-OH is 1. The predicted molar refractivity (Wildman–Crippen MR) is 148 cm³/mol. The number of benzene rings is 2. The predicted octanol–water partition coefficient (Wildman–Crippen LogP) is 4.70. The van der Waals surface area contributed by atoms with Crippen molar-refractivity contribution in [3.63, 3.8) is 0 Å². The number of anilines is 1. The van der Waals surface area contributed by atoms with Crippen molar-refractivity contribution >= 4 is 17.5 Å². The summed E-state index contributed by atoms with van der Waals surface area (Å²) in [5.74, 6) is -0.705. The van der Waals surface area contributed by atoms with Crippen molar-refractivity contribution < 1.29 is 32.6 Å². The molecule has 2 N–H and O–H groups in total. The van der Waals surface area contributed by atoms with E-state index >= 15 is 0 Å². The number of carbonyl (C=O) groups is 2. The van der Waals surface area contributed by atoms with Gasteiger partial charge in [-0.05, 0) is 55.9 Å². The second-order valence-corrected chi connectivity index (χ2v) is 10.4. The number of rotatable bonds is 8. The third-order valence-corrected chi connectivity index (χ3v) is 7.11. The molecule has 0 radical (unpaired) electrons. The van der Waals surface area contributed by atoms with Crippen molar-refractivity contribution in [2.45, 2.75) is 38.7 Å². The van der Waals surface area contributed by atoms with Crippen molar-refractivity contribution in [2.24, 2.45) is 5.92 Å². The Balaban J connectivity index is 1.63.